The van der Waals surface area contributed by atoms with Crippen molar-refractivity contribution < 1.29 is 19.1 Å². The van der Waals surface area contributed by atoms with Gasteiger partial charge in [0.15, 0.2) is 0 Å². The Morgan fingerprint density at radius 2 is 1.67 bits per heavy atom. The molecule has 1 N–H and O–H groups in total. The summed E-state index contributed by atoms with van der Waals surface area (Å²) < 4.78 is 13.5. The zero-order valence-corrected chi connectivity index (χ0v) is 16.7. The van der Waals surface area contributed by atoms with Gasteiger partial charge >= 0.3 is 0 Å². The van der Waals surface area contributed by atoms with Gasteiger partial charge in [-0.1, -0.05) is 53.6 Å². The molecule has 0 spiro atoms. The molecule has 0 aliphatic carbocycles. The van der Waals surface area contributed by atoms with Gasteiger partial charge in [0.05, 0.1) is 11.6 Å². The minimum absolute atomic E-state index is 0.0746. The largest absolute Gasteiger partial charge is 0.507 e. The third-order valence-corrected chi connectivity index (χ3v) is 5.28. The third kappa shape index (κ3) is 3.48. The van der Waals surface area contributed by atoms with Crippen LogP contribution in [0, 0.1) is 12.7 Å². The van der Waals surface area contributed by atoms with Gasteiger partial charge in [-0.05, 0) is 48.9 Å². The van der Waals surface area contributed by atoms with E-state index in [4.69, 9.17) is 11.6 Å². The van der Waals surface area contributed by atoms with Crippen LogP contribution < -0.4 is 4.90 Å². The highest BCUT2D eigenvalue weighted by Crippen LogP contribution is 2.42. The molecule has 1 fully saturated rings. The predicted octanol–water partition coefficient (Wildman–Crippen LogP) is 5.41. The Bertz CT molecular complexity index is 1170. The molecule has 4 nitrogen and oxygen atoms in total. The molecule has 1 amide bonds. The average Bonchev–Trinajstić information content (AvgIpc) is 3.00. The maximum Gasteiger partial charge on any atom is 0.300 e. The first-order valence-electron chi connectivity index (χ1n) is 9.26. The molecule has 1 unspecified atom stereocenters. The van der Waals surface area contributed by atoms with Crippen LogP contribution in [-0.2, 0) is 9.59 Å². The van der Waals surface area contributed by atoms with Crippen LogP contribution in [0.25, 0.3) is 5.76 Å². The van der Waals surface area contributed by atoms with Crippen molar-refractivity contribution in [2.75, 3.05) is 4.90 Å². The van der Waals surface area contributed by atoms with Crippen molar-refractivity contribution in [1.29, 1.82) is 0 Å². The van der Waals surface area contributed by atoms with Crippen LogP contribution in [0.3, 0.4) is 0 Å². The normalized spacial score (nSPS) is 18.1. The average molecular weight is 422 g/mol. The summed E-state index contributed by atoms with van der Waals surface area (Å²) in [6, 6.07) is 18.1. The van der Waals surface area contributed by atoms with Crippen LogP contribution >= 0.6 is 11.6 Å². The minimum Gasteiger partial charge on any atom is -0.507 e. The monoisotopic (exact) mass is 421 g/mol. The lowest BCUT2D eigenvalue weighted by Gasteiger charge is -2.25. The van der Waals surface area contributed by atoms with Gasteiger partial charge in [0.1, 0.15) is 11.6 Å². The number of aliphatic hydroxyl groups is 1. The number of benzene rings is 3. The Morgan fingerprint density at radius 1 is 1.00 bits per heavy atom. The first-order valence-corrected chi connectivity index (χ1v) is 9.63. The molecular weight excluding hydrogens is 405 g/mol. The van der Waals surface area contributed by atoms with E-state index in [2.05, 4.69) is 0 Å². The number of carbonyl (C=O) groups is 2. The SMILES string of the molecule is Cc1ccc(N2C(=O)C(=O)/C(=C(\O)c3cccc(Cl)c3)C2c2ccc(F)cc2)cc1. The van der Waals surface area contributed by atoms with E-state index in [1.54, 1.807) is 30.3 Å². The molecule has 0 saturated carbocycles. The topological polar surface area (TPSA) is 57.6 Å². The van der Waals surface area contributed by atoms with Crippen LogP contribution in [0.15, 0.2) is 78.4 Å². The Balaban J connectivity index is 1.95. The van der Waals surface area contributed by atoms with E-state index >= 15 is 0 Å². The number of halogens is 2. The second-order valence-corrected chi connectivity index (χ2v) is 7.50. The first-order chi connectivity index (χ1) is 14.4. The molecule has 1 aliphatic heterocycles. The van der Waals surface area contributed by atoms with Crippen LogP contribution in [0.2, 0.25) is 5.02 Å². The van der Waals surface area contributed by atoms with Gasteiger partial charge in [-0.25, -0.2) is 4.39 Å². The maximum absolute atomic E-state index is 13.5. The molecule has 30 heavy (non-hydrogen) atoms. The molecule has 1 saturated heterocycles. The Labute approximate surface area is 177 Å². The van der Waals surface area contributed by atoms with Crippen molar-refractivity contribution in [2.24, 2.45) is 0 Å². The summed E-state index contributed by atoms with van der Waals surface area (Å²) in [5, 5.41) is 11.4. The molecule has 0 bridgehead atoms. The van der Waals surface area contributed by atoms with E-state index in [0.717, 1.165) is 5.56 Å². The number of amides is 1. The number of hydrogen-bond donors (Lipinski definition) is 1. The van der Waals surface area contributed by atoms with Crippen LogP contribution in [-0.4, -0.2) is 16.8 Å². The summed E-state index contributed by atoms with van der Waals surface area (Å²) in [4.78, 5) is 27.3. The maximum atomic E-state index is 13.5. The molecular formula is C24H17ClFNO3. The number of aliphatic hydroxyl groups excluding tert-OH is 1. The standard InChI is InChI=1S/C24H17ClFNO3/c1-14-5-11-19(12-6-14)27-21(15-7-9-18(26)10-8-15)20(23(29)24(27)30)22(28)16-3-2-4-17(25)13-16/h2-13,21,28H,1H3/b22-20-. The molecule has 0 aromatic heterocycles. The number of carbonyl (C=O) groups excluding carboxylic acids is 2. The fourth-order valence-electron chi connectivity index (χ4n) is 3.56. The van der Waals surface area contributed by atoms with Gasteiger partial charge in [0.2, 0.25) is 0 Å². The number of anilines is 1. The highest BCUT2D eigenvalue weighted by Gasteiger charge is 2.46. The number of nitrogens with zero attached hydrogens (tertiary/aromatic N) is 1. The van der Waals surface area contributed by atoms with Crippen LogP contribution in [0.1, 0.15) is 22.7 Å². The summed E-state index contributed by atoms with van der Waals surface area (Å²) in [6.45, 7) is 1.91. The summed E-state index contributed by atoms with van der Waals surface area (Å²) in [6.07, 6.45) is 0. The number of hydrogen-bond acceptors (Lipinski definition) is 3. The number of aryl methyl sites for hydroxylation is 1. The zero-order valence-electron chi connectivity index (χ0n) is 16.0. The van der Waals surface area contributed by atoms with Crippen molar-refractivity contribution >= 4 is 34.7 Å². The lowest BCUT2D eigenvalue weighted by molar-refractivity contribution is -0.132. The van der Waals surface area contributed by atoms with Gasteiger partial charge in [0.25, 0.3) is 11.7 Å². The van der Waals surface area contributed by atoms with E-state index < -0.39 is 23.5 Å². The molecule has 1 atom stereocenters. The number of Topliss-reactive ketones (excluding diaryl/α,β-unsaturated/α-hetero) is 1. The van der Waals surface area contributed by atoms with Crippen molar-refractivity contribution in [3.05, 3.63) is 106 Å². The van der Waals surface area contributed by atoms with Gasteiger partial charge in [-0.15, -0.1) is 0 Å². The molecule has 4 rings (SSSR count). The molecule has 3 aromatic carbocycles. The van der Waals surface area contributed by atoms with E-state index in [1.165, 1.54) is 35.2 Å². The second-order valence-electron chi connectivity index (χ2n) is 7.07. The van der Waals surface area contributed by atoms with E-state index in [1.807, 2.05) is 19.1 Å². The summed E-state index contributed by atoms with van der Waals surface area (Å²) >= 11 is 6.03. The lowest BCUT2D eigenvalue weighted by atomic mass is 9.95. The van der Waals surface area contributed by atoms with Crippen molar-refractivity contribution in [3.8, 4) is 0 Å². The number of rotatable bonds is 3. The minimum atomic E-state index is -0.910. The third-order valence-electron chi connectivity index (χ3n) is 5.04. The van der Waals surface area contributed by atoms with Crippen molar-refractivity contribution in [1.82, 2.24) is 0 Å². The molecule has 0 radical (unpaired) electrons. The Kier molecular flexibility index (Phi) is 5.14. The van der Waals surface area contributed by atoms with Gasteiger partial charge in [-0.3, -0.25) is 14.5 Å². The fraction of sp³-hybridized carbons (Fsp3) is 0.0833. The molecule has 3 aromatic rings. The zero-order chi connectivity index (χ0) is 21.4. The molecule has 1 aliphatic rings. The lowest BCUT2D eigenvalue weighted by Crippen LogP contribution is -2.29. The predicted molar refractivity (Wildman–Crippen MR) is 114 cm³/mol. The van der Waals surface area contributed by atoms with Gasteiger partial charge < -0.3 is 5.11 Å². The Morgan fingerprint density at radius 3 is 2.30 bits per heavy atom. The van der Waals surface area contributed by atoms with Crippen molar-refractivity contribution in [2.45, 2.75) is 13.0 Å². The number of ketones is 1. The smallest absolute Gasteiger partial charge is 0.300 e. The first kappa shape index (κ1) is 19.9. The summed E-state index contributed by atoms with van der Waals surface area (Å²) in [5.41, 5.74) is 2.24. The molecule has 150 valence electrons. The summed E-state index contributed by atoms with van der Waals surface area (Å²) in [5.74, 6) is -2.36. The summed E-state index contributed by atoms with van der Waals surface area (Å²) in [7, 11) is 0. The van der Waals surface area contributed by atoms with Gasteiger partial charge in [0, 0.05) is 16.3 Å². The fourth-order valence-corrected chi connectivity index (χ4v) is 3.75. The van der Waals surface area contributed by atoms with Crippen LogP contribution in [0.5, 0.6) is 0 Å². The van der Waals surface area contributed by atoms with E-state index in [-0.39, 0.29) is 11.3 Å². The van der Waals surface area contributed by atoms with Gasteiger partial charge in [-0.2, -0.15) is 0 Å². The highest BCUT2D eigenvalue weighted by atomic mass is 35.5. The molecule has 6 heteroatoms. The second kappa shape index (κ2) is 7.76. The highest BCUT2D eigenvalue weighted by molar-refractivity contribution is 6.51. The van der Waals surface area contributed by atoms with Crippen LogP contribution in [0.4, 0.5) is 10.1 Å². The Hall–Kier alpha value is -3.44. The van der Waals surface area contributed by atoms with E-state index in [0.29, 0.717) is 21.8 Å². The van der Waals surface area contributed by atoms with Crippen molar-refractivity contribution in [3.63, 3.8) is 0 Å². The van der Waals surface area contributed by atoms with E-state index in [9.17, 15) is 19.1 Å². The molecule has 1 heterocycles. The quantitative estimate of drug-likeness (QED) is 0.349.